The number of carbonyl (C=O) groups is 3. The normalized spacial score (nSPS) is 13.4. The number of thioether (sulfide) groups is 1. The molecule has 0 unspecified atom stereocenters. The Morgan fingerprint density at radius 3 is 2.30 bits per heavy atom. The summed E-state index contributed by atoms with van der Waals surface area (Å²) < 4.78 is 5.30. The van der Waals surface area contributed by atoms with Crippen LogP contribution in [-0.4, -0.2) is 34.4 Å². The van der Waals surface area contributed by atoms with Crippen molar-refractivity contribution in [1.29, 1.82) is 0 Å². The van der Waals surface area contributed by atoms with Crippen LogP contribution in [0.1, 0.15) is 47.6 Å². The van der Waals surface area contributed by atoms with Crippen LogP contribution in [0.2, 0.25) is 0 Å². The first kappa shape index (κ1) is 26.1. The molecular formula is C28H28N4O4S. The number of ether oxygens (including phenoxy) is 1. The SMILES string of the molecule is CCCOC(=O)c1ccccc1N1C(=O)C(Nc2ccc(CC)cc2)=C(Sc2nc(C)cc(C)n2)C1=O. The molecule has 0 spiro atoms. The van der Waals surface area contributed by atoms with Gasteiger partial charge in [0, 0.05) is 17.1 Å². The first-order valence-electron chi connectivity index (χ1n) is 12.1. The molecular weight excluding hydrogens is 488 g/mol. The Hall–Kier alpha value is -3.98. The fourth-order valence-electron chi connectivity index (χ4n) is 3.85. The van der Waals surface area contributed by atoms with E-state index in [0.29, 0.717) is 17.3 Å². The molecule has 2 aromatic carbocycles. The summed E-state index contributed by atoms with van der Waals surface area (Å²) in [6.07, 6.45) is 1.53. The summed E-state index contributed by atoms with van der Waals surface area (Å²) in [5.74, 6) is -1.74. The maximum Gasteiger partial charge on any atom is 0.340 e. The largest absolute Gasteiger partial charge is 0.462 e. The number of esters is 1. The summed E-state index contributed by atoms with van der Waals surface area (Å²) in [7, 11) is 0. The van der Waals surface area contributed by atoms with Crippen LogP contribution in [0.4, 0.5) is 11.4 Å². The van der Waals surface area contributed by atoms with Crippen LogP contribution in [0, 0.1) is 13.8 Å². The van der Waals surface area contributed by atoms with E-state index >= 15 is 0 Å². The number of para-hydroxylation sites is 1. The monoisotopic (exact) mass is 516 g/mol. The fourth-order valence-corrected chi connectivity index (χ4v) is 4.83. The van der Waals surface area contributed by atoms with Gasteiger partial charge in [-0.1, -0.05) is 38.1 Å². The summed E-state index contributed by atoms with van der Waals surface area (Å²) in [4.78, 5) is 50.3. The number of rotatable bonds is 9. The number of amides is 2. The van der Waals surface area contributed by atoms with Gasteiger partial charge in [-0.15, -0.1) is 0 Å². The number of aryl methyl sites for hydroxylation is 3. The third kappa shape index (κ3) is 5.72. The molecule has 9 heteroatoms. The van der Waals surface area contributed by atoms with E-state index in [4.69, 9.17) is 4.74 Å². The van der Waals surface area contributed by atoms with Crippen LogP contribution < -0.4 is 10.2 Å². The molecule has 190 valence electrons. The van der Waals surface area contributed by atoms with Crippen molar-refractivity contribution in [2.24, 2.45) is 0 Å². The zero-order chi connectivity index (χ0) is 26.5. The highest BCUT2D eigenvalue weighted by Crippen LogP contribution is 2.38. The van der Waals surface area contributed by atoms with Crippen molar-refractivity contribution < 1.29 is 19.1 Å². The Morgan fingerprint density at radius 2 is 1.65 bits per heavy atom. The van der Waals surface area contributed by atoms with E-state index in [0.717, 1.165) is 40.0 Å². The second-order valence-electron chi connectivity index (χ2n) is 8.51. The van der Waals surface area contributed by atoms with Gasteiger partial charge >= 0.3 is 5.97 Å². The standard InChI is InChI=1S/C28H28N4O4S/c1-5-15-36-27(35)21-9-7-8-10-22(21)32-25(33)23(31-20-13-11-19(6-2)12-14-20)24(26(32)34)37-28-29-17(3)16-18(4)30-28/h7-14,16,31H,5-6,15H2,1-4H3. The lowest BCUT2D eigenvalue weighted by molar-refractivity contribution is -0.120. The van der Waals surface area contributed by atoms with E-state index < -0.39 is 17.8 Å². The van der Waals surface area contributed by atoms with Crippen LogP contribution in [0.15, 0.2) is 70.4 Å². The lowest BCUT2D eigenvalue weighted by Crippen LogP contribution is -2.33. The number of hydrogen-bond donors (Lipinski definition) is 1. The van der Waals surface area contributed by atoms with Gasteiger partial charge in [0.05, 0.1) is 17.9 Å². The molecule has 0 radical (unpaired) electrons. The number of hydrogen-bond acceptors (Lipinski definition) is 8. The number of benzene rings is 2. The van der Waals surface area contributed by atoms with Gasteiger partial charge in [0.15, 0.2) is 5.16 Å². The number of anilines is 2. The number of imide groups is 1. The predicted octanol–water partition coefficient (Wildman–Crippen LogP) is 5.21. The average molecular weight is 517 g/mol. The van der Waals surface area contributed by atoms with Crippen LogP contribution in [-0.2, 0) is 20.7 Å². The number of nitrogens with zero attached hydrogens (tertiary/aromatic N) is 3. The summed E-state index contributed by atoms with van der Waals surface area (Å²) in [6, 6.07) is 15.9. The molecule has 8 nitrogen and oxygen atoms in total. The van der Waals surface area contributed by atoms with Crippen LogP contribution in [0.25, 0.3) is 0 Å². The van der Waals surface area contributed by atoms with Gasteiger partial charge in [0.25, 0.3) is 11.8 Å². The third-order valence-corrected chi connectivity index (χ3v) is 6.58. The van der Waals surface area contributed by atoms with Gasteiger partial charge in [0.2, 0.25) is 0 Å². The minimum atomic E-state index is -0.596. The van der Waals surface area contributed by atoms with Gasteiger partial charge in [-0.2, -0.15) is 0 Å². The summed E-state index contributed by atoms with van der Waals surface area (Å²) in [6.45, 7) is 7.87. The first-order chi connectivity index (χ1) is 17.8. The van der Waals surface area contributed by atoms with Gasteiger partial charge in [-0.05, 0) is 74.3 Å². The minimum absolute atomic E-state index is 0.0961. The number of nitrogens with one attached hydrogen (secondary N) is 1. The predicted molar refractivity (Wildman–Crippen MR) is 143 cm³/mol. The van der Waals surface area contributed by atoms with E-state index in [1.54, 1.807) is 24.3 Å². The number of aromatic nitrogens is 2. The molecule has 37 heavy (non-hydrogen) atoms. The van der Waals surface area contributed by atoms with Crippen molar-refractivity contribution >= 4 is 40.9 Å². The molecule has 1 aromatic heterocycles. The highest BCUT2D eigenvalue weighted by molar-refractivity contribution is 8.04. The topological polar surface area (TPSA) is 101 Å². The van der Waals surface area contributed by atoms with E-state index in [9.17, 15) is 14.4 Å². The Morgan fingerprint density at radius 1 is 0.973 bits per heavy atom. The zero-order valence-electron chi connectivity index (χ0n) is 21.2. The average Bonchev–Trinajstić information content (AvgIpc) is 3.10. The maximum absolute atomic E-state index is 13.8. The maximum atomic E-state index is 13.8. The van der Waals surface area contributed by atoms with Crippen LogP contribution in [0.3, 0.4) is 0 Å². The smallest absolute Gasteiger partial charge is 0.340 e. The molecule has 3 aromatic rings. The quantitative estimate of drug-likeness (QED) is 0.235. The second kappa shape index (κ2) is 11.4. The van der Waals surface area contributed by atoms with Gasteiger partial charge in [-0.3, -0.25) is 9.59 Å². The van der Waals surface area contributed by atoms with Gasteiger partial charge in [0.1, 0.15) is 10.6 Å². The van der Waals surface area contributed by atoms with Crippen LogP contribution in [0.5, 0.6) is 0 Å². The highest BCUT2D eigenvalue weighted by atomic mass is 32.2. The van der Waals surface area contributed by atoms with E-state index in [2.05, 4.69) is 22.2 Å². The molecule has 0 aliphatic carbocycles. The van der Waals surface area contributed by atoms with Crippen molar-refractivity contribution in [3.8, 4) is 0 Å². The Bertz CT molecular complexity index is 1360. The summed E-state index contributed by atoms with van der Waals surface area (Å²) >= 11 is 1.02. The fraction of sp³-hybridized carbons (Fsp3) is 0.250. The van der Waals surface area contributed by atoms with E-state index in [1.807, 2.05) is 51.1 Å². The van der Waals surface area contributed by atoms with E-state index in [-0.39, 0.29) is 28.5 Å². The molecule has 2 heterocycles. The Balaban J connectivity index is 1.76. The first-order valence-corrected chi connectivity index (χ1v) is 12.9. The molecule has 4 rings (SSSR count). The van der Waals surface area contributed by atoms with Crippen molar-refractivity contribution in [2.45, 2.75) is 45.7 Å². The van der Waals surface area contributed by atoms with Crippen molar-refractivity contribution in [2.75, 3.05) is 16.8 Å². The van der Waals surface area contributed by atoms with E-state index in [1.165, 1.54) is 0 Å². The third-order valence-electron chi connectivity index (χ3n) is 5.63. The molecule has 1 aliphatic rings. The molecule has 1 N–H and O–H groups in total. The molecule has 0 bridgehead atoms. The van der Waals surface area contributed by atoms with Crippen LogP contribution >= 0.6 is 11.8 Å². The zero-order valence-corrected chi connectivity index (χ0v) is 22.0. The molecule has 0 atom stereocenters. The van der Waals surface area contributed by atoms with Crippen molar-refractivity contribution in [3.63, 3.8) is 0 Å². The number of carbonyl (C=O) groups excluding carboxylic acids is 3. The summed E-state index contributed by atoms with van der Waals surface area (Å²) in [5.41, 5.74) is 3.70. The van der Waals surface area contributed by atoms with Gasteiger partial charge < -0.3 is 10.1 Å². The molecule has 0 saturated heterocycles. The second-order valence-corrected chi connectivity index (χ2v) is 9.49. The highest BCUT2D eigenvalue weighted by Gasteiger charge is 2.42. The molecule has 0 saturated carbocycles. The lowest BCUT2D eigenvalue weighted by atomic mass is 10.1. The minimum Gasteiger partial charge on any atom is -0.462 e. The molecule has 1 aliphatic heterocycles. The Labute approximate surface area is 220 Å². The summed E-state index contributed by atoms with van der Waals surface area (Å²) in [5, 5.41) is 3.48. The molecule has 0 fully saturated rings. The Kier molecular flexibility index (Phi) is 8.03. The van der Waals surface area contributed by atoms with Crippen molar-refractivity contribution in [1.82, 2.24) is 9.97 Å². The lowest BCUT2D eigenvalue weighted by Gasteiger charge is -2.18. The molecule has 2 amide bonds. The van der Waals surface area contributed by atoms with Gasteiger partial charge in [-0.25, -0.2) is 19.7 Å². The van der Waals surface area contributed by atoms with Crippen molar-refractivity contribution in [3.05, 3.63) is 87.7 Å².